The van der Waals surface area contributed by atoms with Gasteiger partial charge in [-0.15, -0.1) is 0 Å². The van der Waals surface area contributed by atoms with Crippen LogP contribution in [0.4, 0.5) is 23.2 Å². The van der Waals surface area contributed by atoms with E-state index >= 15 is 0 Å². The predicted octanol–water partition coefficient (Wildman–Crippen LogP) is 2.17. The summed E-state index contributed by atoms with van der Waals surface area (Å²) in [4.78, 5) is 5.53. The molecule has 118 valence electrons. The van der Waals surface area contributed by atoms with Crippen molar-refractivity contribution in [1.82, 2.24) is 4.98 Å². The summed E-state index contributed by atoms with van der Waals surface area (Å²) in [7, 11) is 0. The summed E-state index contributed by atoms with van der Waals surface area (Å²) in [5.74, 6) is -0.475. The van der Waals surface area contributed by atoms with Gasteiger partial charge in [-0.25, -0.2) is 9.37 Å². The highest BCUT2D eigenvalue weighted by molar-refractivity contribution is 5.92. The van der Waals surface area contributed by atoms with Gasteiger partial charge < -0.3 is 10.2 Å². The van der Waals surface area contributed by atoms with E-state index in [1.54, 1.807) is 0 Å². The van der Waals surface area contributed by atoms with Gasteiger partial charge in [0.2, 0.25) is 0 Å². The number of rotatable bonds is 1. The number of nitrogens with two attached hydrogens (primary N) is 1. The van der Waals surface area contributed by atoms with Gasteiger partial charge in [-0.1, -0.05) is 0 Å². The number of benzene rings is 1. The van der Waals surface area contributed by atoms with Crippen molar-refractivity contribution in [3.8, 4) is 0 Å². The molecule has 3 nitrogen and oxygen atoms in total. The first-order valence-corrected chi connectivity index (χ1v) is 7.19. The molecule has 1 aromatic carbocycles. The third-order valence-corrected chi connectivity index (χ3v) is 3.82. The first kappa shape index (κ1) is 15.0. The standard InChI is InChI=1S/C15H15F4N3/c16-10-2-3-12-11(8-10)13(9-14(21-12)15(17,18)19)22-6-1-4-20-5-7-22/h2-3,8-9,20H,1,4-7H2/p+1. The summed E-state index contributed by atoms with van der Waals surface area (Å²) in [6.07, 6.45) is -3.64. The maximum Gasteiger partial charge on any atom is 0.433 e. The van der Waals surface area contributed by atoms with Gasteiger partial charge in [0.05, 0.1) is 25.2 Å². The van der Waals surface area contributed by atoms with E-state index in [2.05, 4.69) is 10.3 Å². The van der Waals surface area contributed by atoms with E-state index in [4.69, 9.17) is 0 Å². The van der Waals surface area contributed by atoms with E-state index < -0.39 is 17.7 Å². The molecule has 3 rings (SSSR count). The zero-order valence-corrected chi connectivity index (χ0v) is 11.8. The Kier molecular flexibility index (Phi) is 3.90. The lowest BCUT2D eigenvalue weighted by Gasteiger charge is -2.24. The van der Waals surface area contributed by atoms with Crippen LogP contribution in [0.25, 0.3) is 10.9 Å². The highest BCUT2D eigenvalue weighted by Crippen LogP contribution is 2.35. The van der Waals surface area contributed by atoms with E-state index in [9.17, 15) is 17.6 Å². The highest BCUT2D eigenvalue weighted by Gasteiger charge is 2.34. The Labute approximate surface area is 124 Å². The number of nitrogens with zero attached hydrogens (tertiary/aromatic N) is 2. The van der Waals surface area contributed by atoms with Crippen LogP contribution < -0.4 is 10.2 Å². The number of aromatic nitrogens is 1. The number of halogens is 4. The van der Waals surface area contributed by atoms with E-state index in [1.165, 1.54) is 12.1 Å². The Morgan fingerprint density at radius 1 is 1.09 bits per heavy atom. The van der Waals surface area contributed by atoms with Crippen LogP contribution in [0, 0.1) is 5.82 Å². The number of alkyl halides is 3. The monoisotopic (exact) mass is 314 g/mol. The SMILES string of the molecule is Fc1ccc2nc(C(F)(F)F)cc(N3CCC[NH2+]CC3)c2c1. The molecule has 1 aromatic heterocycles. The Hall–Kier alpha value is -1.89. The molecule has 1 aliphatic rings. The molecule has 0 radical (unpaired) electrons. The van der Waals surface area contributed by atoms with Crippen molar-refractivity contribution in [3.63, 3.8) is 0 Å². The fourth-order valence-electron chi connectivity index (χ4n) is 2.76. The minimum Gasteiger partial charge on any atom is -0.365 e. The van der Waals surface area contributed by atoms with Crippen molar-refractivity contribution in [1.29, 1.82) is 0 Å². The molecule has 0 aliphatic carbocycles. The van der Waals surface area contributed by atoms with E-state index in [-0.39, 0.29) is 5.52 Å². The molecule has 22 heavy (non-hydrogen) atoms. The fraction of sp³-hybridized carbons (Fsp3) is 0.400. The quantitative estimate of drug-likeness (QED) is 0.818. The molecule has 2 heterocycles. The second-order valence-electron chi connectivity index (χ2n) is 5.39. The number of quaternary nitrogens is 1. The molecule has 0 amide bonds. The summed E-state index contributed by atoms with van der Waals surface area (Å²) < 4.78 is 52.7. The van der Waals surface area contributed by atoms with Gasteiger partial charge in [-0.2, -0.15) is 13.2 Å². The lowest BCUT2D eigenvalue weighted by Crippen LogP contribution is -2.84. The molecule has 0 saturated carbocycles. The fourth-order valence-corrected chi connectivity index (χ4v) is 2.76. The van der Waals surface area contributed by atoms with Gasteiger partial charge in [-0.05, 0) is 24.3 Å². The van der Waals surface area contributed by atoms with Crippen LogP contribution in [0.2, 0.25) is 0 Å². The van der Waals surface area contributed by atoms with Crippen molar-refractivity contribution in [3.05, 3.63) is 35.8 Å². The second-order valence-corrected chi connectivity index (χ2v) is 5.39. The first-order valence-electron chi connectivity index (χ1n) is 7.19. The third-order valence-electron chi connectivity index (χ3n) is 3.82. The summed E-state index contributed by atoms with van der Waals surface area (Å²) in [5, 5.41) is 2.56. The van der Waals surface area contributed by atoms with Gasteiger partial charge in [0, 0.05) is 24.0 Å². The maximum atomic E-state index is 13.5. The second kappa shape index (κ2) is 5.72. The van der Waals surface area contributed by atoms with Crippen LogP contribution in [0.15, 0.2) is 24.3 Å². The van der Waals surface area contributed by atoms with Crippen molar-refractivity contribution in [2.75, 3.05) is 31.1 Å². The van der Waals surface area contributed by atoms with Gasteiger partial charge in [-0.3, -0.25) is 0 Å². The van der Waals surface area contributed by atoms with Gasteiger partial charge in [0.15, 0.2) is 0 Å². The maximum absolute atomic E-state index is 13.5. The molecule has 0 unspecified atom stereocenters. The average Bonchev–Trinajstić information content (AvgIpc) is 2.74. The predicted molar refractivity (Wildman–Crippen MR) is 75.2 cm³/mol. The Morgan fingerprint density at radius 2 is 1.91 bits per heavy atom. The molecule has 1 fully saturated rings. The minimum absolute atomic E-state index is 0.166. The number of hydrogen-bond donors (Lipinski definition) is 1. The summed E-state index contributed by atoms with van der Waals surface area (Å²) in [6, 6.07) is 4.72. The van der Waals surface area contributed by atoms with E-state index in [0.29, 0.717) is 24.2 Å². The molecular formula is C15H16F4N3+. The lowest BCUT2D eigenvalue weighted by molar-refractivity contribution is -0.650. The number of pyridine rings is 1. The molecule has 2 aromatic rings. The molecule has 2 N–H and O–H groups in total. The van der Waals surface area contributed by atoms with Crippen LogP contribution in [0.5, 0.6) is 0 Å². The van der Waals surface area contributed by atoms with Crippen LogP contribution in [0.3, 0.4) is 0 Å². The molecule has 1 aliphatic heterocycles. The number of anilines is 1. The summed E-state index contributed by atoms with van der Waals surface area (Å²) in [6.45, 7) is 3.04. The zero-order valence-electron chi connectivity index (χ0n) is 11.8. The average molecular weight is 314 g/mol. The van der Waals surface area contributed by atoms with Crippen LogP contribution in [-0.4, -0.2) is 31.2 Å². The van der Waals surface area contributed by atoms with Gasteiger partial charge in [0.1, 0.15) is 11.5 Å². The topological polar surface area (TPSA) is 32.7 Å². The van der Waals surface area contributed by atoms with Crippen molar-refractivity contribution in [2.24, 2.45) is 0 Å². The minimum atomic E-state index is -4.52. The number of fused-ring (bicyclic) bond motifs is 1. The first-order chi connectivity index (χ1) is 10.4. The molecule has 7 heteroatoms. The summed E-state index contributed by atoms with van der Waals surface area (Å²) in [5.41, 5.74) is -0.360. The zero-order chi connectivity index (χ0) is 15.7. The Morgan fingerprint density at radius 3 is 2.68 bits per heavy atom. The Balaban J connectivity index is 2.17. The Bertz CT molecular complexity index is 676. The smallest absolute Gasteiger partial charge is 0.365 e. The van der Waals surface area contributed by atoms with Gasteiger partial charge >= 0.3 is 6.18 Å². The van der Waals surface area contributed by atoms with Crippen molar-refractivity contribution in [2.45, 2.75) is 12.6 Å². The highest BCUT2D eigenvalue weighted by atomic mass is 19.4. The van der Waals surface area contributed by atoms with Crippen LogP contribution in [-0.2, 0) is 6.18 Å². The van der Waals surface area contributed by atoms with Gasteiger partial charge in [0.25, 0.3) is 0 Å². The normalized spacial score (nSPS) is 16.8. The largest absolute Gasteiger partial charge is 0.433 e. The van der Waals surface area contributed by atoms with E-state index in [0.717, 1.165) is 31.6 Å². The van der Waals surface area contributed by atoms with E-state index in [1.807, 2.05) is 4.90 Å². The molecule has 0 bridgehead atoms. The molecular weight excluding hydrogens is 298 g/mol. The molecule has 0 spiro atoms. The lowest BCUT2D eigenvalue weighted by atomic mass is 10.1. The van der Waals surface area contributed by atoms with Crippen molar-refractivity contribution >= 4 is 16.6 Å². The van der Waals surface area contributed by atoms with Crippen LogP contribution >= 0.6 is 0 Å². The molecule has 1 saturated heterocycles. The number of hydrogen-bond acceptors (Lipinski definition) is 2. The summed E-state index contributed by atoms with van der Waals surface area (Å²) >= 11 is 0. The van der Waals surface area contributed by atoms with Crippen molar-refractivity contribution < 1.29 is 22.9 Å². The third kappa shape index (κ3) is 2.99. The van der Waals surface area contributed by atoms with Crippen LogP contribution in [0.1, 0.15) is 12.1 Å². The molecule has 0 atom stereocenters.